The molecule has 0 aliphatic heterocycles. The van der Waals surface area contributed by atoms with Crippen LogP contribution in [0.25, 0.3) is 0 Å². The van der Waals surface area contributed by atoms with Crippen molar-refractivity contribution in [1.29, 1.82) is 5.41 Å². The van der Waals surface area contributed by atoms with E-state index in [1.807, 2.05) is 0 Å². The normalized spacial score (nSPS) is 9.45. The third-order valence-electron chi connectivity index (χ3n) is 1.11. The van der Waals surface area contributed by atoms with Crippen molar-refractivity contribution in [3.63, 3.8) is 0 Å². The number of aromatic nitrogens is 2. The van der Waals surface area contributed by atoms with Gasteiger partial charge in [0.2, 0.25) is 0 Å². The van der Waals surface area contributed by atoms with E-state index >= 15 is 0 Å². The van der Waals surface area contributed by atoms with Crippen LogP contribution in [0.3, 0.4) is 0 Å². The molecule has 0 amide bonds. The highest BCUT2D eigenvalue weighted by Crippen LogP contribution is 2.05. The Labute approximate surface area is 61.9 Å². The Kier molecular flexibility index (Phi) is 1.95. The number of hydrogen-bond donors (Lipinski definition) is 2. The first-order chi connectivity index (χ1) is 5.24. The first-order valence-corrected chi connectivity index (χ1v) is 2.91. The van der Waals surface area contributed by atoms with E-state index in [2.05, 4.69) is 9.97 Å². The lowest BCUT2D eigenvalue weighted by Gasteiger charge is -1.85. The largest absolute Gasteiger partial charge is 0.358 e. The molecular formula is C5H6N4O2. The highest BCUT2D eigenvalue weighted by atomic mass is 16.6. The van der Waals surface area contributed by atoms with E-state index in [1.165, 1.54) is 0 Å². The average molecular weight is 154 g/mol. The Morgan fingerprint density at radius 2 is 2.64 bits per heavy atom. The molecule has 58 valence electrons. The minimum atomic E-state index is -0.555. The Morgan fingerprint density at radius 3 is 3.09 bits per heavy atom. The molecule has 0 aliphatic carbocycles. The quantitative estimate of drug-likeness (QED) is 0.377. The molecule has 0 saturated heterocycles. The lowest BCUT2D eigenvalue weighted by molar-refractivity contribution is -0.389. The van der Waals surface area contributed by atoms with Crippen molar-refractivity contribution in [2.24, 2.45) is 0 Å². The minimum absolute atomic E-state index is 0.137. The summed E-state index contributed by atoms with van der Waals surface area (Å²) < 4.78 is 0. The van der Waals surface area contributed by atoms with Crippen LogP contribution in [-0.2, 0) is 6.42 Å². The topological polar surface area (TPSA) is 95.7 Å². The molecule has 6 heteroatoms. The van der Waals surface area contributed by atoms with E-state index in [0.717, 1.165) is 12.4 Å². The Balaban J connectivity index is 2.81. The Hall–Kier alpha value is -1.72. The number of aromatic amines is 1. The second-order valence-electron chi connectivity index (χ2n) is 1.88. The van der Waals surface area contributed by atoms with E-state index in [-0.39, 0.29) is 5.82 Å². The predicted molar refractivity (Wildman–Crippen MR) is 37.7 cm³/mol. The number of nitrogens with one attached hydrogen (secondary N) is 2. The summed E-state index contributed by atoms with van der Waals surface area (Å²) in [6.07, 6.45) is 2.56. The molecule has 1 aromatic heterocycles. The maximum Gasteiger partial charge on any atom is 0.340 e. The third kappa shape index (κ3) is 1.60. The summed E-state index contributed by atoms with van der Waals surface area (Å²) in [5.41, 5.74) is 0. The molecule has 6 nitrogen and oxygen atoms in total. The van der Waals surface area contributed by atoms with Crippen molar-refractivity contribution in [2.45, 2.75) is 6.42 Å². The molecule has 0 saturated carbocycles. The van der Waals surface area contributed by atoms with Crippen molar-refractivity contribution in [3.8, 4) is 0 Å². The van der Waals surface area contributed by atoms with Crippen LogP contribution in [0.1, 0.15) is 5.82 Å². The van der Waals surface area contributed by atoms with E-state index in [9.17, 15) is 10.1 Å². The molecule has 0 unspecified atom stereocenters. The molecule has 0 spiro atoms. The lowest BCUT2D eigenvalue weighted by Crippen LogP contribution is -1.90. The van der Waals surface area contributed by atoms with Crippen molar-refractivity contribution in [1.82, 2.24) is 9.97 Å². The SMILES string of the molecule is N=CCc1ncc([N+](=O)[O-])[nH]1. The molecule has 1 rings (SSSR count). The van der Waals surface area contributed by atoms with Gasteiger partial charge in [-0.2, -0.15) is 0 Å². The number of H-pyrrole nitrogens is 1. The van der Waals surface area contributed by atoms with Gasteiger partial charge in [0, 0.05) is 6.21 Å². The van der Waals surface area contributed by atoms with Crippen LogP contribution < -0.4 is 0 Å². The summed E-state index contributed by atoms with van der Waals surface area (Å²) in [5.74, 6) is 0.300. The fourth-order valence-electron chi connectivity index (χ4n) is 0.645. The zero-order valence-electron chi connectivity index (χ0n) is 5.57. The summed E-state index contributed by atoms with van der Waals surface area (Å²) in [7, 11) is 0. The van der Waals surface area contributed by atoms with Crippen LogP contribution in [0.5, 0.6) is 0 Å². The number of rotatable bonds is 3. The van der Waals surface area contributed by atoms with Crippen LogP contribution >= 0.6 is 0 Å². The van der Waals surface area contributed by atoms with E-state index in [4.69, 9.17) is 5.41 Å². The molecule has 0 bridgehead atoms. The molecule has 1 heterocycles. The molecular weight excluding hydrogens is 148 g/mol. The molecule has 1 aromatic rings. The lowest BCUT2D eigenvalue weighted by atomic mass is 10.4. The molecule has 0 radical (unpaired) electrons. The molecule has 11 heavy (non-hydrogen) atoms. The fourth-order valence-corrected chi connectivity index (χ4v) is 0.645. The highest BCUT2D eigenvalue weighted by molar-refractivity contribution is 5.56. The smallest absolute Gasteiger partial charge is 0.340 e. The summed E-state index contributed by atoms with van der Waals surface area (Å²) in [6, 6.07) is 0. The zero-order chi connectivity index (χ0) is 8.27. The Bertz CT molecular complexity index is 280. The number of nitro groups is 1. The molecule has 0 fully saturated rings. The Morgan fingerprint density at radius 1 is 1.91 bits per heavy atom. The van der Waals surface area contributed by atoms with Crippen molar-refractivity contribution < 1.29 is 4.92 Å². The van der Waals surface area contributed by atoms with Crippen LogP contribution in [0.4, 0.5) is 5.82 Å². The first kappa shape index (κ1) is 7.39. The van der Waals surface area contributed by atoms with Crippen LogP contribution in [0.2, 0.25) is 0 Å². The molecule has 0 aliphatic rings. The predicted octanol–water partition coefficient (Wildman–Crippen LogP) is 0.510. The maximum atomic E-state index is 10.1. The summed E-state index contributed by atoms with van der Waals surface area (Å²) in [4.78, 5) is 15.7. The van der Waals surface area contributed by atoms with Gasteiger partial charge in [-0.15, -0.1) is 0 Å². The molecule has 2 N–H and O–H groups in total. The van der Waals surface area contributed by atoms with Crippen molar-refractivity contribution in [3.05, 3.63) is 22.1 Å². The van der Waals surface area contributed by atoms with Crippen molar-refractivity contribution in [2.75, 3.05) is 0 Å². The van der Waals surface area contributed by atoms with Crippen LogP contribution in [0.15, 0.2) is 6.20 Å². The monoisotopic (exact) mass is 154 g/mol. The van der Waals surface area contributed by atoms with Crippen LogP contribution in [0, 0.1) is 15.5 Å². The first-order valence-electron chi connectivity index (χ1n) is 2.91. The summed E-state index contributed by atoms with van der Waals surface area (Å²) >= 11 is 0. The highest BCUT2D eigenvalue weighted by Gasteiger charge is 2.07. The summed E-state index contributed by atoms with van der Waals surface area (Å²) in [6.45, 7) is 0. The minimum Gasteiger partial charge on any atom is -0.358 e. The summed E-state index contributed by atoms with van der Waals surface area (Å²) in [5, 5.41) is 16.8. The fraction of sp³-hybridized carbons (Fsp3) is 0.200. The van der Waals surface area contributed by atoms with Crippen molar-refractivity contribution >= 4 is 12.0 Å². The van der Waals surface area contributed by atoms with Gasteiger partial charge in [-0.1, -0.05) is 0 Å². The second kappa shape index (κ2) is 2.91. The number of hydrogen-bond acceptors (Lipinski definition) is 4. The number of nitrogens with zero attached hydrogens (tertiary/aromatic N) is 2. The zero-order valence-corrected chi connectivity index (χ0v) is 5.57. The van der Waals surface area contributed by atoms with E-state index < -0.39 is 4.92 Å². The van der Waals surface area contributed by atoms with E-state index in [0.29, 0.717) is 12.2 Å². The maximum absolute atomic E-state index is 10.1. The van der Waals surface area contributed by atoms with Gasteiger partial charge in [-0.3, -0.25) is 0 Å². The van der Waals surface area contributed by atoms with Gasteiger partial charge in [0.25, 0.3) is 0 Å². The molecule has 0 atom stereocenters. The van der Waals surface area contributed by atoms with Gasteiger partial charge in [0.1, 0.15) is 6.20 Å². The second-order valence-corrected chi connectivity index (χ2v) is 1.88. The number of imidazole rings is 1. The standard InChI is InChI=1S/C5H6N4O2/c6-2-1-4-7-3-5(8-4)9(10)11/h2-3,6H,1H2,(H,7,8). The van der Waals surface area contributed by atoms with E-state index in [1.54, 1.807) is 0 Å². The van der Waals surface area contributed by atoms with Crippen LogP contribution in [-0.4, -0.2) is 21.1 Å². The van der Waals surface area contributed by atoms with Gasteiger partial charge in [0.05, 0.1) is 6.42 Å². The van der Waals surface area contributed by atoms with Gasteiger partial charge in [-0.05, 0) is 4.92 Å². The molecule has 0 aromatic carbocycles. The average Bonchev–Trinajstić information content (AvgIpc) is 2.37. The van der Waals surface area contributed by atoms with Gasteiger partial charge in [0.15, 0.2) is 5.82 Å². The van der Waals surface area contributed by atoms with Gasteiger partial charge in [-0.25, -0.2) is 9.97 Å². The van der Waals surface area contributed by atoms with Gasteiger partial charge >= 0.3 is 5.82 Å². The van der Waals surface area contributed by atoms with Gasteiger partial charge < -0.3 is 15.5 Å². The third-order valence-corrected chi connectivity index (χ3v) is 1.11.